The van der Waals surface area contributed by atoms with Crippen molar-refractivity contribution in [3.63, 3.8) is 0 Å². The van der Waals surface area contributed by atoms with Crippen molar-refractivity contribution in [1.82, 2.24) is 0 Å². The van der Waals surface area contributed by atoms with E-state index in [-0.39, 0.29) is 47.5 Å². The maximum atomic E-state index is 11.6. The molecule has 53 heavy (non-hydrogen) atoms. The molecule has 0 N–H and O–H groups in total. The quantitative estimate of drug-likeness (QED) is 0.0445. The zero-order valence-corrected chi connectivity index (χ0v) is 36.7. The van der Waals surface area contributed by atoms with Gasteiger partial charge in [-0.05, 0) is 119 Å². The van der Waals surface area contributed by atoms with Gasteiger partial charge >= 0.3 is 37.7 Å². The Balaban J connectivity index is 0.000000360. The molecule has 4 aromatic rings. The van der Waals surface area contributed by atoms with E-state index in [1.165, 1.54) is 111 Å². The molecule has 0 aliphatic heterocycles. The monoisotopic (exact) mass is 790 g/mol. The van der Waals surface area contributed by atoms with Crippen molar-refractivity contribution in [3.8, 4) is 0 Å². The van der Waals surface area contributed by atoms with Crippen molar-refractivity contribution >= 4 is 79.5 Å². The third-order valence-electron chi connectivity index (χ3n) is 10.1. The van der Waals surface area contributed by atoms with Gasteiger partial charge in [-0.1, -0.05) is 141 Å². The second-order valence-corrected chi connectivity index (χ2v) is 17.0. The zero-order valence-electron chi connectivity index (χ0n) is 32.9. The summed E-state index contributed by atoms with van der Waals surface area (Å²) in [5.74, 6) is 0. The predicted octanol–water partition coefficient (Wildman–Crippen LogP) is 11.6. The van der Waals surface area contributed by atoms with Crippen molar-refractivity contribution in [2.45, 2.75) is 166 Å². The number of rotatable bonds is 22. The van der Waals surface area contributed by atoms with Gasteiger partial charge in [-0.15, -0.1) is 0 Å². The molecule has 0 amide bonds. The number of hydrogen-bond acceptors (Lipinski definition) is 6. The van der Waals surface area contributed by atoms with Gasteiger partial charge < -0.3 is 9.11 Å². The van der Waals surface area contributed by atoms with Crippen LogP contribution in [0.2, 0.25) is 0 Å². The normalized spacial score (nSPS) is 11.7. The third kappa shape index (κ3) is 15.9. The van der Waals surface area contributed by atoms with Crippen molar-refractivity contribution in [3.05, 3.63) is 82.9 Å². The number of benzene rings is 4. The summed E-state index contributed by atoms with van der Waals surface area (Å²) in [5, 5.41) is 2.85. The van der Waals surface area contributed by atoms with Crippen LogP contribution in [0.25, 0.3) is 21.5 Å². The van der Waals surface area contributed by atoms with Crippen LogP contribution in [-0.2, 0) is 45.9 Å². The molecule has 4 rings (SSSR count). The second-order valence-electron chi connectivity index (χ2n) is 14.3. The summed E-state index contributed by atoms with van der Waals surface area (Å²) in [6, 6.07) is 18.1. The minimum atomic E-state index is -4.46. The molecule has 0 spiro atoms. The van der Waals surface area contributed by atoms with Crippen LogP contribution >= 0.6 is 0 Å². The Hall–Kier alpha value is -1.52. The fourth-order valence-electron chi connectivity index (χ4n) is 7.11. The summed E-state index contributed by atoms with van der Waals surface area (Å²) in [7, 11) is -8.92. The third-order valence-corrected chi connectivity index (χ3v) is 11.8. The Morgan fingerprint density at radius 2 is 0.698 bits per heavy atom. The molecule has 0 bridgehead atoms. The van der Waals surface area contributed by atoms with Crippen LogP contribution in [0.15, 0.2) is 70.5 Å². The molecule has 0 saturated carbocycles. The summed E-state index contributed by atoms with van der Waals surface area (Å²) >= 11 is 0. The van der Waals surface area contributed by atoms with E-state index in [0.29, 0.717) is 10.8 Å². The van der Waals surface area contributed by atoms with Crippen molar-refractivity contribution < 1.29 is 25.9 Å². The van der Waals surface area contributed by atoms with E-state index in [4.69, 9.17) is 0 Å². The molecule has 0 aliphatic rings. The van der Waals surface area contributed by atoms with Crippen LogP contribution in [-0.4, -0.2) is 63.7 Å². The molecule has 0 heterocycles. The second kappa shape index (κ2) is 24.9. The minimum Gasteiger partial charge on any atom is -0.744 e. The van der Waals surface area contributed by atoms with E-state index < -0.39 is 20.2 Å². The first kappa shape index (κ1) is 47.6. The van der Waals surface area contributed by atoms with E-state index in [9.17, 15) is 25.9 Å². The van der Waals surface area contributed by atoms with Gasteiger partial charge in [-0.3, -0.25) is 0 Å². The fourth-order valence-corrected chi connectivity index (χ4v) is 8.50. The van der Waals surface area contributed by atoms with E-state index in [2.05, 4.69) is 39.8 Å². The van der Waals surface area contributed by atoms with Gasteiger partial charge in [0.25, 0.3) is 0 Å². The van der Waals surface area contributed by atoms with E-state index in [1.807, 2.05) is 24.3 Å². The molecule has 0 aromatic heterocycles. The Bertz CT molecular complexity index is 1770. The van der Waals surface area contributed by atoms with E-state index >= 15 is 0 Å². The summed E-state index contributed by atoms with van der Waals surface area (Å²) in [6.45, 7) is 8.81. The smallest absolute Gasteiger partial charge is 0.744 e. The molecule has 4 aromatic carbocycles. The summed E-state index contributed by atoms with van der Waals surface area (Å²) in [6.07, 6.45) is 23.0. The van der Waals surface area contributed by atoms with Crippen LogP contribution < -0.4 is 0 Å². The topological polar surface area (TPSA) is 114 Å². The first-order valence-corrected chi connectivity index (χ1v) is 22.8. The largest absolute Gasteiger partial charge is 2.00 e. The maximum Gasteiger partial charge on any atom is 2.00 e. The van der Waals surface area contributed by atoms with E-state index in [1.54, 1.807) is 12.1 Å². The average molecular weight is 791 g/mol. The van der Waals surface area contributed by atoms with Crippen LogP contribution in [0.5, 0.6) is 0 Å². The van der Waals surface area contributed by atoms with Gasteiger partial charge in [0.1, 0.15) is 20.2 Å². The summed E-state index contributed by atoms with van der Waals surface area (Å²) < 4.78 is 69.8. The molecule has 0 aliphatic carbocycles. The fraction of sp³-hybridized carbons (Fsp3) is 0.545. The molecular weight excluding hydrogens is 729 g/mol. The van der Waals surface area contributed by atoms with Gasteiger partial charge in [0, 0.05) is 0 Å². The van der Waals surface area contributed by atoms with Crippen molar-refractivity contribution in [1.29, 1.82) is 0 Å². The Labute approximate surface area is 351 Å². The SMILES string of the molecule is CCCCCCc1cc2cccc(S(=O)(=O)[O-])c2cc1CCCCCC.CCCCCCc1cc2cccc(S(=O)(=O)[O-])c2cc1CCCCCC.[Ca+2]. The Morgan fingerprint density at radius 3 is 0.962 bits per heavy atom. The molecule has 0 radical (unpaired) electrons. The van der Waals surface area contributed by atoms with Crippen molar-refractivity contribution in [2.24, 2.45) is 0 Å². The van der Waals surface area contributed by atoms with Crippen LogP contribution in [0.3, 0.4) is 0 Å². The Kier molecular flexibility index (Phi) is 22.4. The number of aryl methyl sites for hydroxylation is 4. The molecule has 0 atom stereocenters. The maximum absolute atomic E-state index is 11.6. The van der Waals surface area contributed by atoms with Gasteiger partial charge in [-0.25, -0.2) is 16.8 Å². The Morgan fingerprint density at radius 1 is 0.415 bits per heavy atom. The number of fused-ring (bicyclic) bond motifs is 2. The number of unbranched alkanes of at least 4 members (excludes halogenated alkanes) is 12. The standard InChI is InChI=1S/2C22H32O3S.Ca/c2*1-3-5-7-9-12-18-16-20-14-11-15-22(26(23,24)25)21(20)17-19(18)13-10-8-6-4-2;/h2*11,14-17H,3-10,12-13H2,1-2H3,(H,23,24,25);/q;;+2/p-2. The van der Waals surface area contributed by atoms with Gasteiger partial charge in [0.15, 0.2) is 0 Å². The first-order valence-electron chi connectivity index (χ1n) is 19.9. The molecule has 9 heteroatoms. The minimum absolute atomic E-state index is 0. The predicted molar refractivity (Wildman–Crippen MR) is 221 cm³/mol. The molecule has 0 fully saturated rings. The van der Waals surface area contributed by atoms with Gasteiger partial charge in [0.2, 0.25) is 0 Å². The average Bonchev–Trinajstić information content (AvgIpc) is 3.11. The number of hydrogen-bond donors (Lipinski definition) is 0. The van der Waals surface area contributed by atoms with Crippen LogP contribution in [0, 0.1) is 0 Å². The summed E-state index contributed by atoms with van der Waals surface area (Å²) in [4.78, 5) is -0.190. The van der Waals surface area contributed by atoms with Gasteiger partial charge in [-0.2, -0.15) is 0 Å². The summed E-state index contributed by atoms with van der Waals surface area (Å²) in [5.41, 5.74) is 5.04. The van der Waals surface area contributed by atoms with Gasteiger partial charge in [0.05, 0.1) is 9.79 Å². The van der Waals surface area contributed by atoms with E-state index in [0.717, 1.165) is 62.1 Å². The molecule has 288 valence electrons. The van der Waals surface area contributed by atoms with Crippen LogP contribution in [0.4, 0.5) is 0 Å². The molecule has 6 nitrogen and oxygen atoms in total. The first-order chi connectivity index (χ1) is 24.9. The zero-order chi connectivity index (χ0) is 38.0. The molecule has 0 unspecified atom stereocenters. The van der Waals surface area contributed by atoms with Crippen LogP contribution in [0.1, 0.15) is 153 Å². The molecular formula is C44H62CaO6S2. The van der Waals surface area contributed by atoms with Crippen molar-refractivity contribution in [2.75, 3.05) is 0 Å². The molecule has 0 saturated heterocycles.